The Morgan fingerprint density at radius 1 is 1.20 bits per heavy atom. The first-order chi connectivity index (χ1) is 9.54. The third kappa shape index (κ3) is 5.06. The minimum atomic E-state index is -0.692. The number of hydrogen-bond donors (Lipinski definition) is 2. The Bertz CT molecular complexity index is 389. The molecule has 114 valence electrons. The average Bonchev–Trinajstić information content (AvgIpc) is 2.43. The lowest BCUT2D eigenvalue weighted by molar-refractivity contribution is 0.0591. The van der Waals surface area contributed by atoms with Gasteiger partial charge in [-0.15, -0.1) is 0 Å². The van der Waals surface area contributed by atoms with Crippen molar-refractivity contribution in [3.05, 3.63) is 34.9 Å². The van der Waals surface area contributed by atoms with E-state index in [1.54, 1.807) is 12.1 Å². The quantitative estimate of drug-likeness (QED) is 0.689. The molecule has 0 saturated carbocycles. The van der Waals surface area contributed by atoms with Gasteiger partial charge in [0.1, 0.15) is 0 Å². The standard InChI is InChI=1S/C16H25ClO3/c1-13(2)6-8-20-9-7-16(11-18,12-19)14-4-3-5-15(17)10-14/h3-5,10,13,18-19H,6-9,11-12H2,1-2H3. The maximum atomic E-state index is 9.71. The molecule has 0 heterocycles. The van der Waals surface area contributed by atoms with E-state index < -0.39 is 5.41 Å². The predicted molar refractivity (Wildman–Crippen MR) is 82.2 cm³/mol. The highest BCUT2D eigenvalue weighted by Crippen LogP contribution is 2.29. The van der Waals surface area contributed by atoms with Crippen LogP contribution in [0.2, 0.25) is 5.02 Å². The highest BCUT2D eigenvalue weighted by atomic mass is 35.5. The molecule has 3 nitrogen and oxygen atoms in total. The van der Waals surface area contributed by atoms with E-state index in [-0.39, 0.29) is 13.2 Å². The van der Waals surface area contributed by atoms with Crippen LogP contribution in [0.3, 0.4) is 0 Å². The number of rotatable bonds is 9. The second-order valence-electron chi connectivity index (χ2n) is 5.65. The van der Waals surface area contributed by atoms with Gasteiger partial charge >= 0.3 is 0 Å². The monoisotopic (exact) mass is 300 g/mol. The van der Waals surface area contributed by atoms with E-state index >= 15 is 0 Å². The van der Waals surface area contributed by atoms with E-state index in [1.807, 2.05) is 12.1 Å². The van der Waals surface area contributed by atoms with Crippen LogP contribution in [0, 0.1) is 5.92 Å². The number of hydrogen-bond acceptors (Lipinski definition) is 3. The van der Waals surface area contributed by atoms with Gasteiger partial charge in [0, 0.05) is 23.7 Å². The van der Waals surface area contributed by atoms with Crippen molar-refractivity contribution in [1.29, 1.82) is 0 Å². The van der Waals surface area contributed by atoms with Crippen LogP contribution in [0.5, 0.6) is 0 Å². The van der Waals surface area contributed by atoms with Crippen LogP contribution in [0.1, 0.15) is 32.3 Å². The van der Waals surface area contributed by atoms with Gasteiger partial charge in [-0.2, -0.15) is 0 Å². The normalized spacial score (nSPS) is 12.1. The number of ether oxygens (including phenoxy) is 1. The maximum absolute atomic E-state index is 9.71. The topological polar surface area (TPSA) is 49.7 Å². The van der Waals surface area contributed by atoms with Crippen LogP contribution >= 0.6 is 11.6 Å². The van der Waals surface area contributed by atoms with Crippen LogP contribution < -0.4 is 0 Å². The molecule has 1 aromatic carbocycles. The van der Waals surface area contributed by atoms with Gasteiger partial charge in [0.15, 0.2) is 0 Å². The van der Waals surface area contributed by atoms with Gasteiger partial charge in [-0.1, -0.05) is 37.6 Å². The van der Waals surface area contributed by atoms with Gasteiger partial charge in [-0.05, 0) is 36.5 Å². The second kappa shape index (κ2) is 8.63. The van der Waals surface area contributed by atoms with Crippen molar-refractivity contribution in [3.63, 3.8) is 0 Å². The molecule has 0 aromatic heterocycles. The zero-order valence-corrected chi connectivity index (χ0v) is 13.1. The summed E-state index contributed by atoms with van der Waals surface area (Å²) in [7, 11) is 0. The average molecular weight is 301 g/mol. The SMILES string of the molecule is CC(C)CCOCCC(CO)(CO)c1cccc(Cl)c1. The molecule has 0 fully saturated rings. The van der Waals surface area contributed by atoms with Crippen LogP contribution in [-0.4, -0.2) is 36.6 Å². The lowest BCUT2D eigenvalue weighted by Gasteiger charge is -2.30. The van der Waals surface area contributed by atoms with Crippen LogP contribution in [0.4, 0.5) is 0 Å². The summed E-state index contributed by atoms with van der Waals surface area (Å²) in [6, 6.07) is 7.29. The molecule has 0 amide bonds. The Kier molecular flexibility index (Phi) is 7.52. The maximum Gasteiger partial charge on any atom is 0.0550 e. The van der Waals surface area contributed by atoms with Crippen LogP contribution in [0.15, 0.2) is 24.3 Å². The van der Waals surface area contributed by atoms with Crippen molar-refractivity contribution in [3.8, 4) is 0 Å². The molecule has 1 rings (SSSR count). The Morgan fingerprint density at radius 2 is 1.90 bits per heavy atom. The summed E-state index contributed by atoms with van der Waals surface area (Å²) in [6.45, 7) is 5.28. The molecule has 0 saturated heterocycles. The fraction of sp³-hybridized carbons (Fsp3) is 0.625. The third-order valence-electron chi connectivity index (χ3n) is 3.61. The molecular formula is C16H25ClO3. The van der Waals surface area contributed by atoms with Crippen molar-refractivity contribution in [2.24, 2.45) is 5.92 Å². The Hall–Kier alpha value is -0.610. The molecule has 2 N–H and O–H groups in total. The van der Waals surface area contributed by atoms with E-state index in [2.05, 4.69) is 13.8 Å². The molecule has 1 aromatic rings. The van der Waals surface area contributed by atoms with E-state index in [0.29, 0.717) is 30.6 Å². The summed E-state index contributed by atoms with van der Waals surface area (Å²) >= 11 is 5.99. The van der Waals surface area contributed by atoms with E-state index in [4.69, 9.17) is 16.3 Å². The Morgan fingerprint density at radius 3 is 2.45 bits per heavy atom. The number of aliphatic hydroxyl groups excluding tert-OH is 2. The Balaban J connectivity index is 2.63. The van der Waals surface area contributed by atoms with Crippen molar-refractivity contribution in [1.82, 2.24) is 0 Å². The summed E-state index contributed by atoms with van der Waals surface area (Å²) in [5.41, 5.74) is 0.158. The van der Waals surface area contributed by atoms with Gasteiger partial charge in [0.05, 0.1) is 13.2 Å². The van der Waals surface area contributed by atoms with Gasteiger partial charge < -0.3 is 14.9 Å². The van der Waals surface area contributed by atoms with Crippen molar-refractivity contribution in [2.45, 2.75) is 32.1 Å². The minimum absolute atomic E-state index is 0.128. The molecule has 0 aliphatic rings. The lowest BCUT2D eigenvalue weighted by atomic mass is 9.79. The molecule has 0 aliphatic heterocycles. The van der Waals surface area contributed by atoms with Crippen LogP contribution in [0.25, 0.3) is 0 Å². The Labute approximate surface area is 126 Å². The first-order valence-electron chi connectivity index (χ1n) is 7.09. The summed E-state index contributed by atoms with van der Waals surface area (Å²) in [5, 5.41) is 20.0. The smallest absolute Gasteiger partial charge is 0.0550 e. The molecule has 0 aliphatic carbocycles. The number of benzene rings is 1. The van der Waals surface area contributed by atoms with Crippen LogP contribution in [-0.2, 0) is 10.2 Å². The molecule has 0 bridgehead atoms. The van der Waals surface area contributed by atoms with Gasteiger partial charge in [0.2, 0.25) is 0 Å². The van der Waals surface area contributed by atoms with Crippen molar-refractivity contribution in [2.75, 3.05) is 26.4 Å². The summed E-state index contributed by atoms with van der Waals surface area (Å²) < 4.78 is 5.60. The van der Waals surface area contributed by atoms with E-state index in [9.17, 15) is 10.2 Å². The summed E-state index contributed by atoms with van der Waals surface area (Å²) in [4.78, 5) is 0. The fourth-order valence-corrected chi connectivity index (χ4v) is 2.23. The van der Waals surface area contributed by atoms with Gasteiger partial charge in [0.25, 0.3) is 0 Å². The highest BCUT2D eigenvalue weighted by molar-refractivity contribution is 6.30. The number of aliphatic hydroxyl groups is 2. The lowest BCUT2D eigenvalue weighted by Crippen LogP contribution is -2.36. The predicted octanol–water partition coefficient (Wildman–Crippen LogP) is 3.02. The molecule has 20 heavy (non-hydrogen) atoms. The van der Waals surface area contributed by atoms with Gasteiger partial charge in [-0.3, -0.25) is 0 Å². The highest BCUT2D eigenvalue weighted by Gasteiger charge is 2.31. The zero-order chi connectivity index (χ0) is 15.0. The fourth-order valence-electron chi connectivity index (χ4n) is 2.04. The van der Waals surface area contributed by atoms with Gasteiger partial charge in [-0.25, -0.2) is 0 Å². The third-order valence-corrected chi connectivity index (χ3v) is 3.84. The van der Waals surface area contributed by atoms with Crippen molar-refractivity contribution >= 4 is 11.6 Å². The minimum Gasteiger partial charge on any atom is -0.395 e. The molecule has 0 unspecified atom stereocenters. The summed E-state index contributed by atoms with van der Waals surface area (Å²) in [5.74, 6) is 0.614. The van der Waals surface area contributed by atoms with Crippen molar-refractivity contribution < 1.29 is 14.9 Å². The second-order valence-corrected chi connectivity index (χ2v) is 6.09. The van der Waals surface area contributed by atoms with E-state index in [1.165, 1.54) is 0 Å². The van der Waals surface area contributed by atoms with E-state index in [0.717, 1.165) is 12.0 Å². The summed E-state index contributed by atoms with van der Waals surface area (Å²) in [6.07, 6.45) is 1.58. The molecule has 4 heteroatoms. The first-order valence-corrected chi connectivity index (χ1v) is 7.47. The molecule has 0 atom stereocenters. The molecule has 0 radical (unpaired) electrons. The zero-order valence-electron chi connectivity index (χ0n) is 12.3. The molecule has 0 spiro atoms. The largest absolute Gasteiger partial charge is 0.395 e. The first kappa shape index (κ1) is 17.4. The number of halogens is 1. The molecular weight excluding hydrogens is 276 g/mol.